The van der Waals surface area contributed by atoms with Gasteiger partial charge in [-0.15, -0.1) is 0 Å². The molecule has 0 unspecified atom stereocenters. The maximum atomic E-state index is 15.0. The molecular weight excluding hydrogens is 455 g/mol. The van der Waals surface area contributed by atoms with Crippen LogP contribution in [0.2, 0.25) is 0 Å². The first-order chi connectivity index (χ1) is 15.7. The molecule has 0 fully saturated rings. The number of hydrogen-bond donors (Lipinski definition) is 0. The molecule has 170 valence electrons. The van der Waals surface area contributed by atoms with Crippen molar-refractivity contribution in [2.45, 2.75) is 30.5 Å². The normalized spacial score (nSPS) is 15.8. The van der Waals surface area contributed by atoms with Crippen LogP contribution in [0.3, 0.4) is 0 Å². The minimum absolute atomic E-state index is 0.0847. The second kappa shape index (κ2) is 7.87. The van der Waals surface area contributed by atoms with E-state index in [1.54, 1.807) is 24.3 Å². The molecule has 10 heteroatoms. The van der Waals surface area contributed by atoms with Crippen LogP contribution in [0.25, 0.3) is 22.2 Å². The topological polar surface area (TPSA) is 74.1 Å². The molecule has 0 aliphatic carbocycles. The third-order valence-corrected chi connectivity index (χ3v) is 6.71. The Morgan fingerprint density at radius 1 is 1.15 bits per heavy atom. The van der Waals surface area contributed by atoms with E-state index in [4.69, 9.17) is 4.74 Å². The Balaban J connectivity index is 1.66. The molecule has 2 aromatic heterocycles. The highest BCUT2D eigenvalue weighted by molar-refractivity contribution is 7.90. The van der Waals surface area contributed by atoms with E-state index in [1.807, 2.05) is 4.57 Å². The van der Waals surface area contributed by atoms with Gasteiger partial charge < -0.3 is 9.30 Å². The second-order valence-corrected chi connectivity index (χ2v) is 9.81. The zero-order valence-electron chi connectivity index (χ0n) is 17.4. The van der Waals surface area contributed by atoms with E-state index in [2.05, 4.69) is 9.97 Å². The summed E-state index contributed by atoms with van der Waals surface area (Å²) in [4.78, 5) is 8.40. The van der Waals surface area contributed by atoms with E-state index in [1.165, 1.54) is 30.5 Å². The summed E-state index contributed by atoms with van der Waals surface area (Å²) >= 11 is 0. The molecule has 0 bridgehead atoms. The number of halogens is 3. The fraction of sp³-hybridized carbons (Fsp3) is 0.217. The van der Waals surface area contributed by atoms with Crippen molar-refractivity contribution >= 4 is 20.9 Å². The summed E-state index contributed by atoms with van der Waals surface area (Å²) in [6.07, 6.45) is 3.57. The fourth-order valence-corrected chi connectivity index (χ4v) is 4.93. The standard InChI is InChI=1S/C23H18F3N3O3S/c1-33(30,31)22-10-13(8-9-27-22)15-11-19-17(12-16(15)24)28-21-7-6-18(29(19)21)14-4-2-3-5-20(14)32-23(25)26/h2-5,8-12,18,23H,6-7H2,1H3/t18-/m0/s1. The van der Waals surface area contributed by atoms with Crippen LogP contribution in [-0.2, 0) is 16.3 Å². The predicted molar refractivity (Wildman–Crippen MR) is 116 cm³/mol. The molecule has 0 spiro atoms. The lowest BCUT2D eigenvalue weighted by molar-refractivity contribution is -0.0506. The molecule has 0 saturated heterocycles. The van der Waals surface area contributed by atoms with Crippen LogP contribution in [0.1, 0.15) is 23.9 Å². The van der Waals surface area contributed by atoms with Gasteiger partial charge in [-0.25, -0.2) is 22.8 Å². The lowest BCUT2D eigenvalue weighted by Gasteiger charge is -2.19. The van der Waals surface area contributed by atoms with Gasteiger partial charge in [0.25, 0.3) is 0 Å². The van der Waals surface area contributed by atoms with E-state index in [0.29, 0.717) is 40.8 Å². The number of alkyl halides is 2. The van der Waals surface area contributed by atoms with Crippen LogP contribution in [0, 0.1) is 5.82 Å². The number of nitrogens with zero attached hydrogens (tertiary/aromatic N) is 3. The Labute approximate surface area is 187 Å². The predicted octanol–water partition coefficient (Wildman–Crippen LogP) is 4.78. The molecule has 1 atom stereocenters. The van der Waals surface area contributed by atoms with Gasteiger partial charge in [-0.05, 0) is 36.2 Å². The lowest BCUT2D eigenvalue weighted by atomic mass is 10.0. The summed E-state index contributed by atoms with van der Waals surface area (Å²) in [6, 6.07) is 12.0. The molecule has 1 aliphatic rings. The van der Waals surface area contributed by atoms with Crippen molar-refractivity contribution in [3.8, 4) is 16.9 Å². The molecule has 5 rings (SSSR count). The van der Waals surface area contributed by atoms with E-state index in [9.17, 15) is 17.2 Å². The summed E-state index contributed by atoms with van der Waals surface area (Å²) in [5.74, 6) is 0.245. The van der Waals surface area contributed by atoms with Gasteiger partial charge in [0.05, 0.1) is 17.1 Å². The zero-order valence-corrected chi connectivity index (χ0v) is 18.2. The molecular formula is C23H18F3N3O3S. The van der Waals surface area contributed by atoms with Crippen LogP contribution >= 0.6 is 0 Å². The van der Waals surface area contributed by atoms with Gasteiger partial charge in [0.15, 0.2) is 14.9 Å². The van der Waals surface area contributed by atoms with Gasteiger partial charge in [-0.2, -0.15) is 8.78 Å². The Hall–Kier alpha value is -3.40. The van der Waals surface area contributed by atoms with Crippen molar-refractivity contribution in [2.24, 2.45) is 0 Å². The SMILES string of the molecule is CS(=O)(=O)c1cc(-c2cc3c(cc2F)nc2n3[C@H](c3ccccc3OC(F)F)CC2)ccn1. The summed E-state index contributed by atoms with van der Waals surface area (Å²) in [7, 11) is -3.57. The third kappa shape index (κ3) is 3.84. The maximum Gasteiger partial charge on any atom is 0.387 e. The maximum absolute atomic E-state index is 15.0. The monoisotopic (exact) mass is 473 g/mol. The van der Waals surface area contributed by atoms with Gasteiger partial charge >= 0.3 is 6.61 Å². The van der Waals surface area contributed by atoms with Gasteiger partial charge in [-0.3, -0.25) is 0 Å². The summed E-state index contributed by atoms with van der Waals surface area (Å²) in [6.45, 7) is -2.96. The van der Waals surface area contributed by atoms with Crippen LogP contribution in [-0.4, -0.2) is 35.8 Å². The van der Waals surface area contributed by atoms with E-state index >= 15 is 4.39 Å². The van der Waals surface area contributed by atoms with Crippen molar-refractivity contribution in [2.75, 3.05) is 6.26 Å². The van der Waals surface area contributed by atoms with Crippen LogP contribution in [0.15, 0.2) is 59.8 Å². The number of pyridine rings is 1. The number of para-hydroxylation sites is 1. The number of hydrogen-bond acceptors (Lipinski definition) is 5. The number of ether oxygens (including phenoxy) is 1. The first-order valence-electron chi connectivity index (χ1n) is 10.1. The molecule has 4 aromatic rings. The molecule has 33 heavy (non-hydrogen) atoms. The third-order valence-electron chi connectivity index (χ3n) is 5.72. The van der Waals surface area contributed by atoms with Crippen molar-refractivity contribution in [1.29, 1.82) is 0 Å². The highest BCUT2D eigenvalue weighted by atomic mass is 32.2. The summed E-state index contributed by atoms with van der Waals surface area (Å²) in [5, 5.41) is -0.158. The van der Waals surface area contributed by atoms with Gasteiger partial charge in [-0.1, -0.05) is 18.2 Å². The summed E-state index contributed by atoms with van der Waals surface area (Å²) in [5.41, 5.74) is 2.19. The van der Waals surface area contributed by atoms with Crippen molar-refractivity contribution in [3.05, 3.63) is 71.9 Å². The molecule has 0 saturated carbocycles. The Kier molecular flexibility index (Phi) is 5.12. The number of sulfone groups is 1. The van der Waals surface area contributed by atoms with Gasteiger partial charge in [0, 0.05) is 36.1 Å². The van der Waals surface area contributed by atoms with Crippen molar-refractivity contribution in [3.63, 3.8) is 0 Å². The number of rotatable bonds is 5. The van der Waals surface area contributed by atoms with E-state index < -0.39 is 22.3 Å². The van der Waals surface area contributed by atoms with Gasteiger partial charge in [0.2, 0.25) is 0 Å². The lowest BCUT2D eigenvalue weighted by Crippen LogP contribution is -2.10. The number of imidazole rings is 1. The summed E-state index contributed by atoms with van der Waals surface area (Å²) < 4.78 is 71.3. The van der Waals surface area contributed by atoms with Crippen LogP contribution < -0.4 is 4.74 Å². The smallest absolute Gasteiger partial charge is 0.387 e. The highest BCUT2D eigenvalue weighted by Gasteiger charge is 2.30. The average molecular weight is 473 g/mol. The Morgan fingerprint density at radius 2 is 1.94 bits per heavy atom. The molecule has 1 aliphatic heterocycles. The molecule has 6 nitrogen and oxygen atoms in total. The first kappa shape index (κ1) is 21.4. The second-order valence-electron chi connectivity index (χ2n) is 7.84. The van der Waals surface area contributed by atoms with Crippen LogP contribution in [0.5, 0.6) is 5.75 Å². The number of benzene rings is 2. The minimum atomic E-state index is -3.57. The van der Waals surface area contributed by atoms with Crippen molar-refractivity contribution < 1.29 is 26.3 Å². The molecule has 3 heterocycles. The van der Waals surface area contributed by atoms with E-state index in [0.717, 1.165) is 6.26 Å². The van der Waals surface area contributed by atoms with Crippen molar-refractivity contribution in [1.82, 2.24) is 14.5 Å². The molecule has 0 radical (unpaired) electrons. The quantitative estimate of drug-likeness (QED) is 0.417. The van der Waals surface area contributed by atoms with E-state index in [-0.39, 0.29) is 22.4 Å². The Morgan fingerprint density at radius 3 is 2.70 bits per heavy atom. The zero-order chi connectivity index (χ0) is 23.3. The molecule has 2 aromatic carbocycles. The molecule has 0 N–H and O–H groups in total. The highest BCUT2D eigenvalue weighted by Crippen LogP contribution is 2.41. The Bertz CT molecular complexity index is 1490. The number of aryl methyl sites for hydroxylation is 1. The fourth-order valence-electron chi connectivity index (χ4n) is 4.34. The first-order valence-corrected chi connectivity index (χ1v) is 12.0. The minimum Gasteiger partial charge on any atom is -0.434 e. The van der Waals surface area contributed by atoms with Gasteiger partial charge in [0.1, 0.15) is 17.4 Å². The number of aromatic nitrogens is 3. The molecule has 0 amide bonds. The largest absolute Gasteiger partial charge is 0.434 e. The average Bonchev–Trinajstić information content (AvgIpc) is 3.31. The van der Waals surface area contributed by atoms with Crippen LogP contribution in [0.4, 0.5) is 13.2 Å². The number of fused-ring (bicyclic) bond motifs is 3.